The summed E-state index contributed by atoms with van der Waals surface area (Å²) in [6.07, 6.45) is 3.31. The normalized spacial score (nSPS) is 11.9. The Kier molecular flexibility index (Phi) is 5.04. The summed E-state index contributed by atoms with van der Waals surface area (Å²) in [6.45, 7) is 3.77. The smallest absolute Gasteiger partial charge is 0.326 e. The van der Waals surface area contributed by atoms with E-state index in [1.807, 2.05) is 13.8 Å². The van der Waals surface area contributed by atoms with E-state index in [1.54, 1.807) is 6.07 Å². The van der Waals surface area contributed by atoms with Crippen LogP contribution in [0, 0.1) is 5.92 Å². The monoisotopic (exact) mass is 252 g/mol. The molecule has 1 aromatic rings. The predicted octanol–water partition coefficient (Wildman–Crippen LogP) is 1.10. The van der Waals surface area contributed by atoms with Crippen LogP contribution in [-0.2, 0) is 4.79 Å². The number of hydrogen-bond acceptors (Lipinski definition) is 4. The van der Waals surface area contributed by atoms with E-state index in [-0.39, 0.29) is 11.9 Å². The Balaban J connectivity index is 2.54. The largest absolute Gasteiger partial charge is 0.480 e. The van der Waals surface area contributed by atoms with Crippen LogP contribution in [0.5, 0.6) is 0 Å². The number of rotatable bonds is 5. The molecule has 1 heterocycles. The zero-order valence-electron chi connectivity index (χ0n) is 10.3. The van der Waals surface area contributed by atoms with Crippen molar-refractivity contribution in [3.63, 3.8) is 0 Å². The van der Waals surface area contributed by atoms with Gasteiger partial charge in [0.2, 0.25) is 5.95 Å². The molecular formula is C11H16N4O3. The summed E-state index contributed by atoms with van der Waals surface area (Å²) in [5.41, 5.74) is 0. The first-order chi connectivity index (χ1) is 8.49. The highest BCUT2D eigenvalue weighted by Gasteiger charge is 2.21. The Morgan fingerprint density at radius 2 is 1.94 bits per heavy atom. The second-order valence-electron chi connectivity index (χ2n) is 4.19. The molecule has 1 atom stereocenters. The first-order valence-corrected chi connectivity index (χ1v) is 5.56. The molecule has 0 spiro atoms. The zero-order chi connectivity index (χ0) is 13.5. The van der Waals surface area contributed by atoms with E-state index in [2.05, 4.69) is 20.6 Å². The molecule has 0 bridgehead atoms. The molecule has 98 valence electrons. The van der Waals surface area contributed by atoms with Gasteiger partial charge in [0.1, 0.15) is 6.04 Å². The Hall–Kier alpha value is -2.18. The molecule has 0 aliphatic rings. The number of carbonyl (C=O) groups is 2. The van der Waals surface area contributed by atoms with Crippen molar-refractivity contribution < 1.29 is 14.7 Å². The van der Waals surface area contributed by atoms with Crippen LogP contribution in [0.25, 0.3) is 0 Å². The molecule has 1 unspecified atom stereocenters. The number of hydrogen-bond donors (Lipinski definition) is 3. The molecule has 0 aliphatic heterocycles. The van der Waals surface area contributed by atoms with E-state index in [0.29, 0.717) is 6.42 Å². The maximum absolute atomic E-state index is 11.5. The number of nitrogens with zero attached hydrogens (tertiary/aromatic N) is 2. The van der Waals surface area contributed by atoms with Crippen LogP contribution in [0.15, 0.2) is 18.5 Å². The van der Waals surface area contributed by atoms with Crippen molar-refractivity contribution in [2.24, 2.45) is 5.92 Å². The maximum atomic E-state index is 11.5. The Labute approximate surface area is 105 Å². The van der Waals surface area contributed by atoms with E-state index < -0.39 is 18.0 Å². The third kappa shape index (κ3) is 4.77. The van der Waals surface area contributed by atoms with Crippen LogP contribution >= 0.6 is 0 Å². The van der Waals surface area contributed by atoms with E-state index in [0.717, 1.165) is 0 Å². The second-order valence-corrected chi connectivity index (χ2v) is 4.19. The first kappa shape index (κ1) is 13.9. The summed E-state index contributed by atoms with van der Waals surface area (Å²) in [5, 5.41) is 13.7. The molecule has 7 heteroatoms. The molecule has 0 radical (unpaired) electrons. The van der Waals surface area contributed by atoms with Gasteiger partial charge in [-0.05, 0) is 18.4 Å². The molecule has 2 amide bonds. The van der Waals surface area contributed by atoms with Crippen molar-refractivity contribution in [1.82, 2.24) is 15.3 Å². The molecule has 1 rings (SSSR count). The Morgan fingerprint density at radius 3 is 2.44 bits per heavy atom. The summed E-state index contributed by atoms with van der Waals surface area (Å²) >= 11 is 0. The zero-order valence-corrected chi connectivity index (χ0v) is 10.3. The molecule has 0 fully saturated rings. The number of carbonyl (C=O) groups excluding carboxylic acids is 1. The van der Waals surface area contributed by atoms with Gasteiger partial charge in [0.15, 0.2) is 0 Å². The van der Waals surface area contributed by atoms with E-state index >= 15 is 0 Å². The van der Waals surface area contributed by atoms with Crippen LogP contribution in [0.3, 0.4) is 0 Å². The number of aromatic nitrogens is 2. The lowest BCUT2D eigenvalue weighted by Gasteiger charge is -2.16. The van der Waals surface area contributed by atoms with Crippen LogP contribution in [-0.4, -0.2) is 33.1 Å². The third-order valence-corrected chi connectivity index (χ3v) is 2.10. The van der Waals surface area contributed by atoms with Crippen molar-refractivity contribution in [3.05, 3.63) is 18.5 Å². The minimum Gasteiger partial charge on any atom is -0.480 e. The summed E-state index contributed by atoms with van der Waals surface area (Å²) in [4.78, 5) is 30.1. The van der Waals surface area contributed by atoms with Gasteiger partial charge in [-0.25, -0.2) is 19.6 Å². The minimum atomic E-state index is -1.06. The lowest BCUT2D eigenvalue weighted by molar-refractivity contribution is -0.139. The average Bonchev–Trinajstić information content (AvgIpc) is 2.28. The number of urea groups is 1. The summed E-state index contributed by atoms with van der Waals surface area (Å²) in [5.74, 6) is -0.768. The predicted molar refractivity (Wildman–Crippen MR) is 65.1 cm³/mol. The Morgan fingerprint density at radius 1 is 1.33 bits per heavy atom. The first-order valence-electron chi connectivity index (χ1n) is 5.56. The number of nitrogens with one attached hydrogen (secondary N) is 2. The van der Waals surface area contributed by atoms with E-state index in [9.17, 15) is 9.59 Å². The fraction of sp³-hybridized carbons (Fsp3) is 0.455. The number of anilines is 1. The number of carboxylic acid groups (broad SMARTS) is 1. The van der Waals surface area contributed by atoms with Crippen LogP contribution in [0.2, 0.25) is 0 Å². The highest BCUT2D eigenvalue weighted by molar-refractivity contribution is 5.90. The van der Waals surface area contributed by atoms with Crippen LogP contribution in [0.4, 0.5) is 10.7 Å². The third-order valence-electron chi connectivity index (χ3n) is 2.10. The molecule has 0 aliphatic carbocycles. The highest BCUT2D eigenvalue weighted by atomic mass is 16.4. The van der Waals surface area contributed by atoms with Gasteiger partial charge >= 0.3 is 12.0 Å². The minimum absolute atomic E-state index is 0.128. The molecule has 1 aromatic heterocycles. The maximum Gasteiger partial charge on any atom is 0.326 e. The molecule has 7 nitrogen and oxygen atoms in total. The molecular weight excluding hydrogens is 236 g/mol. The van der Waals surface area contributed by atoms with Crippen molar-refractivity contribution in [2.45, 2.75) is 26.3 Å². The average molecular weight is 252 g/mol. The van der Waals surface area contributed by atoms with E-state index in [1.165, 1.54) is 12.4 Å². The van der Waals surface area contributed by atoms with Gasteiger partial charge in [-0.15, -0.1) is 0 Å². The molecule has 0 aromatic carbocycles. The molecule has 18 heavy (non-hydrogen) atoms. The van der Waals surface area contributed by atoms with E-state index in [4.69, 9.17) is 5.11 Å². The number of aliphatic carboxylic acids is 1. The summed E-state index contributed by atoms with van der Waals surface area (Å²) in [7, 11) is 0. The second kappa shape index (κ2) is 6.53. The van der Waals surface area contributed by atoms with Gasteiger partial charge in [0, 0.05) is 12.4 Å². The van der Waals surface area contributed by atoms with Crippen molar-refractivity contribution in [2.75, 3.05) is 5.32 Å². The van der Waals surface area contributed by atoms with Gasteiger partial charge in [-0.3, -0.25) is 5.32 Å². The van der Waals surface area contributed by atoms with Crippen molar-refractivity contribution in [3.8, 4) is 0 Å². The fourth-order valence-corrected chi connectivity index (χ4v) is 1.35. The van der Waals surface area contributed by atoms with Crippen molar-refractivity contribution in [1.29, 1.82) is 0 Å². The van der Waals surface area contributed by atoms with Gasteiger partial charge in [-0.1, -0.05) is 13.8 Å². The van der Waals surface area contributed by atoms with Gasteiger partial charge in [0.25, 0.3) is 0 Å². The number of carboxylic acids is 1. The molecule has 0 saturated heterocycles. The standard InChI is InChI=1S/C11H16N4O3/c1-7(2)6-8(9(16)17)14-11(18)15-10-12-4-3-5-13-10/h3-5,7-8H,6H2,1-2H3,(H,16,17)(H2,12,13,14,15,18). The topological polar surface area (TPSA) is 104 Å². The van der Waals surface area contributed by atoms with Gasteiger partial charge < -0.3 is 10.4 Å². The molecule has 0 saturated carbocycles. The van der Waals surface area contributed by atoms with Crippen LogP contribution < -0.4 is 10.6 Å². The lowest BCUT2D eigenvalue weighted by Crippen LogP contribution is -2.43. The SMILES string of the molecule is CC(C)CC(NC(=O)Nc1ncccn1)C(=O)O. The Bertz CT molecular complexity index is 408. The van der Waals surface area contributed by atoms with Crippen molar-refractivity contribution >= 4 is 17.9 Å². The van der Waals surface area contributed by atoms with Gasteiger partial charge in [-0.2, -0.15) is 0 Å². The lowest BCUT2D eigenvalue weighted by atomic mass is 10.0. The van der Waals surface area contributed by atoms with Crippen LogP contribution in [0.1, 0.15) is 20.3 Å². The summed E-state index contributed by atoms with van der Waals surface area (Å²) < 4.78 is 0. The number of amides is 2. The fourth-order valence-electron chi connectivity index (χ4n) is 1.35. The quantitative estimate of drug-likeness (QED) is 0.727. The summed E-state index contributed by atoms with van der Waals surface area (Å²) in [6, 6.07) is 0.0602. The van der Waals surface area contributed by atoms with Gasteiger partial charge in [0.05, 0.1) is 0 Å². The highest BCUT2D eigenvalue weighted by Crippen LogP contribution is 2.05. The molecule has 3 N–H and O–H groups in total.